The van der Waals surface area contributed by atoms with Crippen LogP contribution in [0, 0.1) is 0 Å². The van der Waals surface area contributed by atoms with Crippen LogP contribution < -0.4 is 5.32 Å². The van der Waals surface area contributed by atoms with Crippen molar-refractivity contribution in [1.82, 2.24) is 5.32 Å². The molecule has 1 aromatic carbocycles. The molecule has 0 fully saturated rings. The predicted molar refractivity (Wildman–Crippen MR) is 91.8 cm³/mol. The smallest absolute Gasteiger partial charge is 0.408 e. The number of carbonyl (C=O) groups is 2. The van der Waals surface area contributed by atoms with E-state index in [1.807, 2.05) is 52.9 Å². The van der Waals surface area contributed by atoms with Crippen molar-refractivity contribution in [1.29, 1.82) is 0 Å². The van der Waals surface area contributed by atoms with E-state index in [4.69, 9.17) is 4.74 Å². The van der Waals surface area contributed by atoms with Gasteiger partial charge in [-0.15, -0.1) is 0 Å². The molecular weight excluding hydrogens is 381 g/mol. The molecule has 0 aliphatic rings. The molecule has 0 bridgehead atoms. The van der Waals surface area contributed by atoms with Gasteiger partial charge in [0.1, 0.15) is 5.60 Å². The molecule has 0 aliphatic carbocycles. The van der Waals surface area contributed by atoms with E-state index in [2.05, 4.69) is 5.32 Å². The Labute approximate surface area is 139 Å². The summed E-state index contributed by atoms with van der Waals surface area (Å²) >= 11 is 2.02. The molecule has 0 unspecified atom stereocenters. The minimum atomic E-state index is -0.568. The topological polar surface area (TPSA) is 55.4 Å². The maximum atomic E-state index is 12.0. The molecule has 21 heavy (non-hydrogen) atoms. The van der Waals surface area contributed by atoms with Crippen LogP contribution in [-0.2, 0) is 16.0 Å². The largest absolute Gasteiger partial charge is 0.444 e. The van der Waals surface area contributed by atoms with Crippen molar-refractivity contribution in [2.75, 3.05) is 4.43 Å². The number of alkyl carbamates (subject to hydrolysis) is 1. The minimum absolute atomic E-state index is 0.0115. The highest BCUT2D eigenvalue weighted by Crippen LogP contribution is 2.10. The van der Waals surface area contributed by atoms with Gasteiger partial charge in [0.05, 0.1) is 10.5 Å². The standard InChI is InChI=1S/C16H22INO3/c1-16(2,3)21-15(20)18-13(14(19)11-17)10-9-12-7-5-4-6-8-12/h4-8,13H,9-11H2,1-3H3,(H,18,20)/t13-/m1/s1. The monoisotopic (exact) mass is 403 g/mol. The van der Waals surface area contributed by atoms with E-state index in [-0.39, 0.29) is 5.78 Å². The molecule has 0 saturated carbocycles. The number of carbonyl (C=O) groups excluding carboxylic acids is 2. The molecular formula is C16H22INO3. The van der Waals surface area contributed by atoms with Crippen molar-refractivity contribution in [2.24, 2.45) is 0 Å². The second kappa shape index (κ2) is 8.36. The first-order valence-electron chi connectivity index (χ1n) is 6.94. The Morgan fingerprint density at radius 1 is 1.24 bits per heavy atom. The number of amides is 1. The number of aryl methyl sites for hydroxylation is 1. The summed E-state index contributed by atoms with van der Waals surface area (Å²) in [6, 6.07) is 9.41. The third-order valence-corrected chi connectivity index (χ3v) is 3.53. The summed E-state index contributed by atoms with van der Waals surface area (Å²) in [5, 5.41) is 2.68. The van der Waals surface area contributed by atoms with Crippen LogP contribution in [0.3, 0.4) is 0 Å². The van der Waals surface area contributed by atoms with Crippen LogP contribution in [0.5, 0.6) is 0 Å². The average molecular weight is 403 g/mol. The van der Waals surface area contributed by atoms with Crippen molar-refractivity contribution in [3.8, 4) is 0 Å². The Hall–Kier alpha value is -1.11. The van der Waals surface area contributed by atoms with Gasteiger partial charge in [0, 0.05) is 0 Å². The first kappa shape index (κ1) is 17.9. The van der Waals surface area contributed by atoms with Gasteiger partial charge in [-0.05, 0) is 39.2 Å². The number of halogens is 1. The van der Waals surface area contributed by atoms with Crippen LogP contribution in [0.25, 0.3) is 0 Å². The zero-order valence-corrected chi connectivity index (χ0v) is 14.8. The zero-order chi connectivity index (χ0) is 15.9. The maximum absolute atomic E-state index is 12.0. The molecule has 1 rings (SSSR count). The number of benzene rings is 1. The lowest BCUT2D eigenvalue weighted by molar-refractivity contribution is -0.118. The summed E-state index contributed by atoms with van der Waals surface area (Å²) < 4.78 is 5.58. The highest BCUT2D eigenvalue weighted by molar-refractivity contribution is 14.1. The molecule has 0 saturated heterocycles. The quantitative estimate of drug-likeness (QED) is 0.584. The van der Waals surface area contributed by atoms with Gasteiger partial charge in [-0.3, -0.25) is 4.79 Å². The fourth-order valence-corrected chi connectivity index (χ4v) is 2.34. The van der Waals surface area contributed by atoms with Gasteiger partial charge in [0.15, 0.2) is 5.78 Å². The summed E-state index contributed by atoms with van der Waals surface area (Å²) in [6.07, 6.45) is 0.771. The lowest BCUT2D eigenvalue weighted by Gasteiger charge is -2.23. The van der Waals surface area contributed by atoms with Crippen molar-refractivity contribution in [3.05, 3.63) is 35.9 Å². The van der Waals surface area contributed by atoms with Gasteiger partial charge in [0.25, 0.3) is 0 Å². The van der Waals surface area contributed by atoms with Crippen LogP contribution in [0.4, 0.5) is 4.79 Å². The van der Waals surface area contributed by atoms with Gasteiger partial charge < -0.3 is 10.1 Å². The second-order valence-electron chi connectivity index (χ2n) is 5.82. The molecule has 0 aromatic heterocycles. The summed E-state index contributed by atoms with van der Waals surface area (Å²) in [5.74, 6) is 0.0115. The van der Waals surface area contributed by atoms with E-state index in [0.29, 0.717) is 10.8 Å². The first-order valence-corrected chi connectivity index (χ1v) is 8.46. The highest BCUT2D eigenvalue weighted by Gasteiger charge is 2.23. The van der Waals surface area contributed by atoms with Crippen LogP contribution in [-0.4, -0.2) is 27.9 Å². The molecule has 1 N–H and O–H groups in total. The summed E-state index contributed by atoms with van der Waals surface area (Å²) in [5.41, 5.74) is 0.580. The minimum Gasteiger partial charge on any atom is -0.444 e. The van der Waals surface area contributed by atoms with E-state index in [0.717, 1.165) is 12.0 Å². The fraction of sp³-hybridized carbons (Fsp3) is 0.500. The third-order valence-electron chi connectivity index (χ3n) is 2.78. The summed E-state index contributed by atoms with van der Waals surface area (Å²) in [6.45, 7) is 5.39. The second-order valence-corrected chi connectivity index (χ2v) is 6.59. The van der Waals surface area contributed by atoms with Crippen molar-refractivity contribution < 1.29 is 14.3 Å². The van der Waals surface area contributed by atoms with Gasteiger partial charge in [-0.2, -0.15) is 0 Å². The van der Waals surface area contributed by atoms with E-state index < -0.39 is 17.7 Å². The zero-order valence-electron chi connectivity index (χ0n) is 12.7. The third kappa shape index (κ3) is 7.45. The maximum Gasteiger partial charge on any atom is 0.408 e. The van der Waals surface area contributed by atoms with Gasteiger partial charge in [-0.25, -0.2) is 4.79 Å². The molecule has 0 radical (unpaired) electrons. The van der Waals surface area contributed by atoms with Crippen molar-refractivity contribution in [2.45, 2.75) is 45.3 Å². The Kier molecular flexibility index (Phi) is 7.14. The van der Waals surface area contributed by atoms with Gasteiger partial charge in [-0.1, -0.05) is 52.9 Å². The number of Topliss-reactive ketones (excluding diaryl/α,β-unsaturated/α-hetero) is 1. The van der Waals surface area contributed by atoms with Crippen LogP contribution in [0.1, 0.15) is 32.8 Å². The normalized spacial score (nSPS) is 12.6. The highest BCUT2D eigenvalue weighted by atomic mass is 127. The van der Waals surface area contributed by atoms with Crippen molar-refractivity contribution in [3.63, 3.8) is 0 Å². The number of rotatable bonds is 6. The van der Waals surface area contributed by atoms with E-state index >= 15 is 0 Å². The number of hydrogen-bond donors (Lipinski definition) is 1. The number of hydrogen-bond acceptors (Lipinski definition) is 3. The fourth-order valence-electron chi connectivity index (χ4n) is 1.81. The Morgan fingerprint density at radius 3 is 2.38 bits per heavy atom. The molecule has 116 valence electrons. The molecule has 0 heterocycles. The SMILES string of the molecule is CC(C)(C)OC(=O)N[C@H](CCc1ccccc1)C(=O)CI. The van der Waals surface area contributed by atoms with E-state index in [1.54, 1.807) is 20.8 Å². The molecule has 1 amide bonds. The van der Waals surface area contributed by atoms with Crippen LogP contribution in [0.2, 0.25) is 0 Å². The predicted octanol–water partition coefficient (Wildman–Crippen LogP) is 3.52. The Balaban J connectivity index is 2.60. The molecule has 1 aromatic rings. The molecule has 0 spiro atoms. The van der Waals surface area contributed by atoms with E-state index in [9.17, 15) is 9.59 Å². The van der Waals surface area contributed by atoms with Crippen LogP contribution in [0.15, 0.2) is 30.3 Å². The lowest BCUT2D eigenvalue weighted by atomic mass is 10.0. The van der Waals surface area contributed by atoms with Gasteiger partial charge in [0.2, 0.25) is 0 Å². The number of alkyl halides is 1. The number of ether oxygens (including phenoxy) is 1. The Morgan fingerprint density at radius 2 is 1.86 bits per heavy atom. The lowest BCUT2D eigenvalue weighted by Crippen LogP contribution is -2.44. The Bertz CT molecular complexity index is 468. The number of nitrogens with one attached hydrogen (secondary N) is 1. The summed E-state index contributed by atoms with van der Waals surface area (Å²) in [4.78, 5) is 23.8. The summed E-state index contributed by atoms with van der Waals surface area (Å²) in [7, 11) is 0. The molecule has 1 atom stereocenters. The number of ketones is 1. The molecule has 0 aliphatic heterocycles. The van der Waals surface area contributed by atoms with E-state index in [1.165, 1.54) is 0 Å². The average Bonchev–Trinajstić information content (AvgIpc) is 2.41. The van der Waals surface area contributed by atoms with Crippen molar-refractivity contribution >= 4 is 34.5 Å². The first-order chi connectivity index (χ1) is 9.81. The molecule has 4 nitrogen and oxygen atoms in total. The molecule has 5 heteroatoms. The van der Waals surface area contributed by atoms with Crippen LogP contribution >= 0.6 is 22.6 Å². The van der Waals surface area contributed by atoms with Gasteiger partial charge >= 0.3 is 6.09 Å².